The second kappa shape index (κ2) is 9.52. The maximum atomic E-state index is 12.9. The van der Waals surface area contributed by atoms with Crippen molar-refractivity contribution < 1.29 is 24.4 Å². The van der Waals surface area contributed by atoms with Gasteiger partial charge < -0.3 is 25.0 Å². The third-order valence-corrected chi connectivity index (χ3v) is 5.19. The van der Waals surface area contributed by atoms with Gasteiger partial charge in [0.25, 0.3) is 5.91 Å². The second-order valence-electron chi connectivity index (χ2n) is 7.01. The minimum absolute atomic E-state index is 0.0445. The zero-order valence-corrected chi connectivity index (χ0v) is 16.7. The van der Waals surface area contributed by atoms with Gasteiger partial charge in [0, 0.05) is 29.2 Å². The molecule has 2 unspecified atom stereocenters. The lowest BCUT2D eigenvalue weighted by molar-refractivity contribution is -0.0380. The van der Waals surface area contributed by atoms with Gasteiger partial charge in [-0.3, -0.25) is 9.59 Å². The summed E-state index contributed by atoms with van der Waals surface area (Å²) in [5.41, 5.74) is 1.17. The molecule has 1 aliphatic heterocycles. The molecular weight excluding hydrogens is 394 g/mol. The number of carbonyl (C=O) groups excluding carboxylic acids is 2. The number of likely N-dealkylation sites (N-methyl/N-ethyl adjacent to an activating group) is 1. The summed E-state index contributed by atoms with van der Waals surface area (Å²) < 4.78 is 5.92. The van der Waals surface area contributed by atoms with Crippen molar-refractivity contribution in [2.75, 3.05) is 26.7 Å². The van der Waals surface area contributed by atoms with Crippen LogP contribution in [0, 0.1) is 0 Å². The van der Waals surface area contributed by atoms with Crippen molar-refractivity contribution in [3.8, 4) is 0 Å². The van der Waals surface area contributed by atoms with E-state index >= 15 is 0 Å². The highest BCUT2D eigenvalue weighted by Crippen LogP contribution is 2.24. The van der Waals surface area contributed by atoms with Gasteiger partial charge in [0.1, 0.15) is 6.29 Å². The number of nitrogens with one attached hydrogen (secondary N) is 1. The summed E-state index contributed by atoms with van der Waals surface area (Å²) in [5, 5.41) is 22.3. The number of nitrogens with zero attached hydrogens (tertiary/aromatic N) is 1. The van der Waals surface area contributed by atoms with Gasteiger partial charge in [0.2, 0.25) is 0 Å². The number of ether oxygens (including phenoxy) is 1. The summed E-state index contributed by atoms with van der Waals surface area (Å²) in [6.07, 6.45) is 0.226. The summed E-state index contributed by atoms with van der Waals surface area (Å²) in [6.45, 7) is 2.01. The highest BCUT2D eigenvalue weighted by atomic mass is 35.5. The van der Waals surface area contributed by atoms with Gasteiger partial charge in [-0.15, -0.1) is 0 Å². The summed E-state index contributed by atoms with van der Waals surface area (Å²) in [7, 11) is 0.200. The van der Waals surface area contributed by atoms with Crippen molar-refractivity contribution >= 4 is 36.4 Å². The van der Waals surface area contributed by atoms with E-state index in [2.05, 4.69) is 10.2 Å². The smallest absolute Gasteiger partial charge is 0.423 e. The minimum Gasteiger partial charge on any atom is -0.423 e. The van der Waals surface area contributed by atoms with Crippen LogP contribution in [0.25, 0.3) is 0 Å². The van der Waals surface area contributed by atoms with E-state index in [-0.39, 0.29) is 22.7 Å². The Labute approximate surface area is 174 Å². The normalized spacial score (nSPS) is 18.1. The molecule has 0 radical (unpaired) electrons. The first kappa shape index (κ1) is 21.5. The quantitative estimate of drug-likeness (QED) is 0.472. The number of hydrogen-bond donors (Lipinski definition) is 3. The Morgan fingerprint density at radius 1 is 1.31 bits per heavy atom. The van der Waals surface area contributed by atoms with Crippen LogP contribution >= 0.6 is 11.6 Å². The molecule has 0 aliphatic carbocycles. The molecule has 1 aliphatic rings. The number of halogens is 1. The molecule has 3 N–H and O–H groups in total. The van der Waals surface area contributed by atoms with Gasteiger partial charge in [-0.1, -0.05) is 29.8 Å². The number of amides is 1. The van der Waals surface area contributed by atoms with Crippen LogP contribution in [0.1, 0.15) is 32.3 Å². The number of benzene rings is 2. The highest BCUT2D eigenvalue weighted by Gasteiger charge is 2.30. The zero-order chi connectivity index (χ0) is 21.0. The largest absolute Gasteiger partial charge is 0.489 e. The van der Waals surface area contributed by atoms with E-state index in [0.717, 1.165) is 12.1 Å². The standard InChI is InChI=1S/C20H22BClN2O5/c1-24-8-9-29-18(11-24)19(13-2-5-16(22)6-3-13)23-20(26)14-4-7-17(21(27)28)15(10-14)12-25/h2-7,10,12,18-19,27-28H,8-9,11H2,1H3,(H,23,26). The number of rotatable bonds is 6. The molecule has 29 heavy (non-hydrogen) atoms. The van der Waals surface area contributed by atoms with E-state index in [0.29, 0.717) is 24.5 Å². The van der Waals surface area contributed by atoms with Gasteiger partial charge in [0.15, 0.2) is 0 Å². The highest BCUT2D eigenvalue weighted by molar-refractivity contribution is 6.60. The third-order valence-electron chi connectivity index (χ3n) is 4.94. The first-order chi connectivity index (χ1) is 13.9. The van der Waals surface area contributed by atoms with Crippen LogP contribution in [0.5, 0.6) is 0 Å². The van der Waals surface area contributed by atoms with Crippen molar-refractivity contribution in [3.05, 3.63) is 64.2 Å². The molecule has 0 bridgehead atoms. The molecule has 152 valence electrons. The molecule has 7 nitrogen and oxygen atoms in total. The van der Waals surface area contributed by atoms with Crippen molar-refractivity contribution in [2.45, 2.75) is 12.1 Å². The van der Waals surface area contributed by atoms with Crippen LogP contribution < -0.4 is 10.8 Å². The number of hydrogen-bond acceptors (Lipinski definition) is 6. The molecule has 2 aromatic rings. The fourth-order valence-corrected chi connectivity index (χ4v) is 3.48. The van der Waals surface area contributed by atoms with Crippen molar-refractivity contribution in [3.63, 3.8) is 0 Å². The van der Waals surface area contributed by atoms with E-state index in [1.54, 1.807) is 12.1 Å². The Hall–Kier alpha value is -2.23. The lowest BCUT2D eigenvalue weighted by atomic mass is 9.77. The SMILES string of the molecule is CN1CCOC(C(NC(=O)c2ccc(B(O)O)c(C=O)c2)c2ccc(Cl)cc2)C1. The van der Waals surface area contributed by atoms with Crippen LogP contribution in [0.3, 0.4) is 0 Å². The average molecular weight is 417 g/mol. The van der Waals surface area contributed by atoms with Crippen LogP contribution in [0.15, 0.2) is 42.5 Å². The monoisotopic (exact) mass is 416 g/mol. The number of morpholine rings is 1. The van der Waals surface area contributed by atoms with Gasteiger partial charge in [0.05, 0.1) is 18.8 Å². The van der Waals surface area contributed by atoms with E-state index in [9.17, 15) is 19.6 Å². The fourth-order valence-electron chi connectivity index (χ4n) is 3.35. The number of carbonyl (C=O) groups is 2. The predicted octanol–water partition coefficient (Wildman–Crippen LogP) is 0.634. The van der Waals surface area contributed by atoms with Crippen LogP contribution in [0.4, 0.5) is 0 Å². The molecule has 1 amide bonds. The van der Waals surface area contributed by atoms with Crippen LogP contribution in [0.2, 0.25) is 5.02 Å². The summed E-state index contributed by atoms with van der Waals surface area (Å²) >= 11 is 6.00. The molecular formula is C20H22BClN2O5. The average Bonchev–Trinajstić information content (AvgIpc) is 2.72. The molecule has 9 heteroatoms. The van der Waals surface area contributed by atoms with Crippen LogP contribution in [-0.2, 0) is 4.74 Å². The topological polar surface area (TPSA) is 99.1 Å². The fraction of sp³-hybridized carbons (Fsp3) is 0.300. The van der Waals surface area contributed by atoms with Gasteiger partial charge in [-0.2, -0.15) is 0 Å². The van der Waals surface area contributed by atoms with Crippen molar-refractivity contribution in [1.29, 1.82) is 0 Å². The Balaban J connectivity index is 1.88. The molecule has 1 saturated heterocycles. The van der Waals surface area contributed by atoms with Gasteiger partial charge in [-0.05, 0) is 42.3 Å². The molecule has 0 saturated carbocycles. The van der Waals surface area contributed by atoms with Gasteiger partial charge in [-0.25, -0.2) is 0 Å². The molecule has 1 heterocycles. The Morgan fingerprint density at radius 2 is 2.03 bits per heavy atom. The van der Waals surface area contributed by atoms with Gasteiger partial charge >= 0.3 is 7.12 Å². The second-order valence-corrected chi connectivity index (χ2v) is 7.45. The third kappa shape index (κ3) is 5.23. The first-order valence-electron chi connectivity index (χ1n) is 9.20. The van der Waals surface area contributed by atoms with Crippen LogP contribution in [-0.4, -0.2) is 67.1 Å². The summed E-state index contributed by atoms with van der Waals surface area (Å²) in [6, 6.07) is 10.9. The van der Waals surface area contributed by atoms with E-state index in [1.807, 2.05) is 19.2 Å². The lowest BCUT2D eigenvalue weighted by Gasteiger charge is -2.35. The van der Waals surface area contributed by atoms with Crippen molar-refractivity contribution in [2.24, 2.45) is 0 Å². The summed E-state index contributed by atoms with van der Waals surface area (Å²) in [4.78, 5) is 26.3. The molecule has 0 aromatic heterocycles. The molecule has 0 spiro atoms. The Kier molecular flexibility index (Phi) is 7.05. The molecule has 3 rings (SSSR count). The summed E-state index contributed by atoms with van der Waals surface area (Å²) in [5.74, 6) is -0.399. The number of aldehydes is 1. The Morgan fingerprint density at radius 3 is 2.66 bits per heavy atom. The first-order valence-corrected chi connectivity index (χ1v) is 9.58. The minimum atomic E-state index is -1.79. The molecule has 1 fully saturated rings. The molecule has 2 aromatic carbocycles. The zero-order valence-electron chi connectivity index (χ0n) is 15.9. The van der Waals surface area contributed by atoms with E-state index in [4.69, 9.17) is 16.3 Å². The van der Waals surface area contributed by atoms with E-state index in [1.165, 1.54) is 18.2 Å². The molecule has 2 atom stereocenters. The lowest BCUT2D eigenvalue weighted by Crippen LogP contribution is -2.48. The van der Waals surface area contributed by atoms with E-state index < -0.39 is 19.1 Å². The maximum absolute atomic E-state index is 12.9. The Bertz CT molecular complexity index is 878. The maximum Gasteiger partial charge on any atom is 0.489 e. The predicted molar refractivity (Wildman–Crippen MR) is 111 cm³/mol. The van der Waals surface area contributed by atoms with Crippen molar-refractivity contribution in [1.82, 2.24) is 10.2 Å².